The number of hydrogen-bond acceptors (Lipinski definition) is 3. The van der Waals surface area contributed by atoms with Crippen LogP contribution < -0.4 is 10.2 Å². The highest BCUT2D eigenvalue weighted by Gasteiger charge is 2.19. The van der Waals surface area contributed by atoms with Gasteiger partial charge in [-0.3, -0.25) is 4.79 Å². The molecule has 1 amide bonds. The van der Waals surface area contributed by atoms with E-state index in [9.17, 15) is 9.18 Å². The summed E-state index contributed by atoms with van der Waals surface area (Å²) in [6.07, 6.45) is 1.38. The third-order valence-electron chi connectivity index (χ3n) is 2.86. The van der Waals surface area contributed by atoms with Gasteiger partial charge in [0.15, 0.2) is 0 Å². The maximum absolute atomic E-state index is 13.7. The summed E-state index contributed by atoms with van der Waals surface area (Å²) in [5.74, 6) is -0.360. The Bertz CT molecular complexity index is 648. The number of pyridine rings is 1. The first kappa shape index (κ1) is 14.3. The van der Waals surface area contributed by atoms with E-state index in [1.54, 1.807) is 19.2 Å². The highest BCUT2D eigenvalue weighted by molar-refractivity contribution is 6.34. The standard InChI is InChI=1S/C14H13ClFN3O/c1-17-13-7-9(10(15)8-18-13)14(20)19(2)12-6-4-3-5-11(12)16/h3-8H,1-2H3,(H,17,18). The number of para-hydroxylation sites is 1. The average Bonchev–Trinajstić information content (AvgIpc) is 2.47. The van der Waals surface area contributed by atoms with Gasteiger partial charge in [0, 0.05) is 20.3 Å². The first-order chi connectivity index (χ1) is 9.54. The van der Waals surface area contributed by atoms with Crippen LogP contribution in [0.5, 0.6) is 0 Å². The van der Waals surface area contributed by atoms with Crippen LogP contribution in [0, 0.1) is 5.82 Å². The minimum Gasteiger partial charge on any atom is -0.373 e. The molecule has 1 N–H and O–H groups in total. The molecule has 0 spiro atoms. The molecule has 6 heteroatoms. The number of hydrogen-bond donors (Lipinski definition) is 1. The van der Waals surface area contributed by atoms with Crippen molar-refractivity contribution in [3.8, 4) is 0 Å². The molecule has 4 nitrogen and oxygen atoms in total. The lowest BCUT2D eigenvalue weighted by Crippen LogP contribution is -2.27. The quantitative estimate of drug-likeness (QED) is 0.945. The minimum absolute atomic E-state index is 0.191. The van der Waals surface area contributed by atoms with Crippen LogP contribution in [-0.2, 0) is 0 Å². The largest absolute Gasteiger partial charge is 0.373 e. The van der Waals surface area contributed by atoms with Crippen LogP contribution in [-0.4, -0.2) is 25.0 Å². The minimum atomic E-state index is -0.470. The van der Waals surface area contributed by atoms with Crippen LogP contribution in [0.4, 0.5) is 15.9 Å². The second kappa shape index (κ2) is 5.88. The van der Waals surface area contributed by atoms with E-state index in [0.29, 0.717) is 5.82 Å². The second-order valence-corrected chi connectivity index (χ2v) is 4.52. The van der Waals surface area contributed by atoms with Gasteiger partial charge in [-0.25, -0.2) is 9.37 Å². The topological polar surface area (TPSA) is 45.2 Å². The average molecular weight is 294 g/mol. The Morgan fingerprint density at radius 2 is 2.10 bits per heavy atom. The molecule has 1 aromatic carbocycles. The molecule has 0 radical (unpaired) electrons. The summed E-state index contributed by atoms with van der Waals surface area (Å²) in [5.41, 5.74) is 0.452. The number of halogens is 2. The number of nitrogens with one attached hydrogen (secondary N) is 1. The molecule has 0 unspecified atom stereocenters. The first-order valence-corrected chi connectivity index (χ1v) is 6.28. The Hall–Kier alpha value is -2.14. The Morgan fingerprint density at radius 3 is 2.75 bits per heavy atom. The zero-order chi connectivity index (χ0) is 14.7. The van der Waals surface area contributed by atoms with Crippen LogP contribution in [0.25, 0.3) is 0 Å². The third-order valence-corrected chi connectivity index (χ3v) is 3.16. The lowest BCUT2D eigenvalue weighted by molar-refractivity contribution is 0.0992. The van der Waals surface area contributed by atoms with Gasteiger partial charge in [-0.2, -0.15) is 0 Å². The molecule has 0 aliphatic rings. The van der Waals surface area contributed by atoms with Gasteiger partial charge < -0.3 is 10.2 Å². The molecule has 1 aromatic heterocycles. The molecule has 0 aliphatic heterocycles. The first-order valence-electron chi connectivity index (χ1n) is 5.90. The predicted octanol–water partition coefficient (Wildman–Crippen LogP) is 3.19. The van der Waals surface area contributed by atoms with Crippen LogP contribution in [0.2, 0.25) is 5.02 Å². The molecule has 2 aromatic rings. The molecule has 0 fully saturated rings. The van der Waals surface area contributed by atoms with Gasteiger partial charge in [-0.1, -0.05) is 23.7 Å². The monoisotopic (exact) mass is 293 g/mol. The Labute approximate surface area is 121 Å². The van der Waals surface area contributed by atoms with Gasteiger partial charge in [0.2, 0.25) is 0 Å². The van der Waals surface area contributed by atoms with Crippen molar-refractivity contribution in [2.24, 2.45) is 0 Å². The van der Waals surface area contributed by atoms with E-state index in [-0.39, 0.29) is 16.3 Å². The normalized spacial score (nSPS) is 10.2. The van der Waals surface area contributed by atoms with E-state index >= 15 is 0 Å². The summed E-state index contributed by atoms with van der Waals surface area (Å²) in [4.78, 5) is 17.6. The fraction of sp³-hybridized carbons (Fsp3) is 0.143. The van der Waals surface area contributed by atoms with Crippen LogP contribution >= 0.6 is 11.6 Å². The number of nitrogens with zero attached hydrogens (tertiary/aromatic N) is 2. The van der Waals surface area contributed by atoms with Gasteiger partial charge >= 0.3 is 0 Å². The second-order valence-electron chi connectivity index (χ2n) is 4.11. The molecule has 20 heavy (non-hydrogen) atoms. The molecule has 0 aliphatic carbocycles. The summed E-state index contributed by atoms with van der Waals surface area (Å²) in [6.45, 7) is 0. The highest BCUT2D eigenvalue weighted by Crippen LogP contribution is 2.23. The van der Waals surface area contributed by atoms with Gasteiger partial charge in [0.25, 0.3) is 5.91 Å². The number of aromatic nitrogens is 1. The van der Waals surface area contributed by atoms with Crippen molar-refractivity contribution in [2.75, 3.05) is 24.3 Å². The van der Waals surface area contributed by atoms with Crippen molar-refractivity contribution >= 4 is 29.0 Å². The smallest absolute Gasteiger partial charge is 0.259 e. The molecule has 2 rings (SSSR count). The number of anilines is 2. The van der Waals surface area contributed by atoms with Gasteiger partial charge in [0.1, 0.15) is 11.6 Å². The van der Waals surface area contributed by atoms with Gasteiger partial charge in [-0.15, -0.1) is 0 Å². The van der Waals surface area contributed by atoms with Crippen LogP contribution in [0.1, 0.15) is 10.4 Å². The maximum Gasteiger partial charge on any atom is 0.259 e. The number of amides is 1. The predicted molar refractivity (Wildman–Crippen MR) is 77.9 cm³/mol. The zero-order valence-corrected chi connectivity index (χ0v) is 11.8. The molecule has 1 heterocycles. The third kappa shape index (κ3) is 2.72. The fourth-order valence-corrected chi connectivity index (χ4v) is 1.94. The fourth-order valence-electron chi connectivity index (χ4n) is 1.75. The van der Waals surface area contributed by atoms with Crippen molar-refractivity contribution in [1.29, 1.82) is 0 Å². The van der Waals surface area contributed by atoms with Crippen molar-refractivity contribution in [2.45, 2.75) is 0 Å². The maximum atomic E-state index is 13.7. The Morgan fingerprint density at radius 1 is 1.40 bits per heavy atom. The summed E-state index contributed by atoms with van der Waals surface area (Å²) < 4.78 is 13.7. The molecule has 0 saturated carbocycles. The summed E-state index contributed by atoms with van der Waals surface area (Å²) in [5, 5.41) is 3.04. The van der Waals surface area contributed by atoms with E-state index < -0.39 is 11.7 Å². The summed E-state index contributed by atoms with van der Waals surface area (Å²) in [6, 6.07) is 7.58. The van der Waals surface area contributed by atoms with E-state index in [4.69, 9.17) is 11.6 Å². The summed E-state index contributed by atoms with van der Waals surface area (Å²) in [7, 11) is 3.18. The van der Waals surface area contributed by atoms with Crippen molar-refractivity contribution in [3.63, 3.8) is 0 Å². The van der Waals surface area contributed by atoms with Crippen molar-refractivity contribution in [3.05, 3.63) is 52.9 Å². The van der Waals surface area contributed by atoms with Crippen molar-refractivity contribution < 1.29 is 9.18 Å². The number of carbonyl (C=O) groups excluding carboxylic acids is 1. The molecule has 0 atom stereocenters. The number of benzene rings is 1. The Kier molecular flexibility index (Phi) is 4.20. The SMILES string of the molecule is CNc1cc(C(=O)N(C)c2ccccc2F)c(Cl)cn1. The van der Waals surface area contributed by atoms with E-state index in [2.05, 4.69) is 10.3 Å². The molecule has 0 bridgehead atoms. The van der Waals surface area contributed by atoms with Crippen LogP contribution in [0.15, 0.2) is 36.5 Å². The van der Waals surface area contributed by atoms with Crippen molar-refractivity contribution in [1.82, 2.24) is 4.98 Å². The number of carbonyl (C=O) groups is 1. The van der Waals surface area contributed by atoms with Crippen LogP contribution in [0.3, 0.4) is 0 Å². The lowest BCUT2D eigenvalue weighted by atomic mass is 10.2. The zero-order valence-electron chi connectivity index (χ0n) is 11.0. The lowest BCUT2D eigenvalue weighted by Gasteiger charge is -2.18. The molecule has 104 valence electrons. The highest BCUT2D eigenvalue weighted by atomic mass is 35.5. The van der Waals surface area contributed by atoms with E-state index in [0.717, 1.165) is 0 Å². The van der Waals surface area contributed by atoms with Gasteiger partial charge in [0.05, 0.1) is 16.3 Å². The van der Waals surface area contributed by atoms with E-state index in [1.165, 1.54) is 36.3 Å². The van der Waals surface area contributed by atoms with E-state index in [1.807, 2.05) is 0 Å². The summed E-state index contributed by atoms with van der Waals surface area (Å²) >= 11 is 5.99. The molecular weight excluding hydrogens is 281 g/mol. The molecule has 0 saturated heterocycles. The number of rotatable bonds is 3. The Balaban J connectivity index is 2.39. The van der Waals surface area contributed by atoms with Gasteiger partial charge in [-0.05, 0) is 18.2 Å². The molecular formula is C14H13ClFN3O.